The highest BCUT2D eigenvalue weighted by atomic mass is 32.1. The number of para-hydroxylation sites is 1. The van der Waals surface area contributed by atoms with Crippen molar-refractivity contribution >= 4 is 11.3 Å². The number of phenolic OH excluding ortho intramolecular Hbond substituents is 1. The van der Waals surface area contributed by atoms with Crippen LogP contribution in [0, 0.1) is 0 Å². The molecule has 1 unspecified atom stereocenters. The lowest BCUT2D eigenvalue weighted by atomic mass is 10.1. The molecule has 3 heteroatoms. The van der Waals surface area contributed by atoms with Gasteiger partial charge in [0.05, 0.1) is 6.54 Å². The van der Waals surface area contributed by atoms with Gasteiger partial charge in [-0.25, -0.2) is 0 Å². The van der Waals surface area contributed by atoms with Crippen molar-refractivity contribution < 1.29 is 10.0 Å². The van der Waals surface area contributed by atoms with Crippen LogP contribution in [-0.2, 0) is 19.5 Å². The Morgan fingerprint density at radius 1 is 1.24 bits per heavy atom. The maximum absolute atomic E-state index is 9.79. The van der Waals surface area contributed by atoms with Crippen molar-refractivity contribution in [2.45, 2.75) is 19.5 Å². The van der Waals surface area contributed by atoms with E-state index in [4.69, 9.17) is 0 Å². The molecule has 1 aliphatic heterocycles. The maximum atomic E-state index is 9.79. The van der Waals surface area contributed by atoms with E-state index in [1.54, 1.807) is 10.9 Å². The summed E-state index contributed by atoms with van der Waals surface area (Å²) in [5, 5.41) is 12.0. The topological polar surface area (TPSA) is 24.7 Å². The zero-order valence-electron chi connectivity index (χ0n) is 9.65. The highest BCUT2D eigenvalue weighted by Crippen LogP contribution is 2.19. The van der Waals surface area contributed by atoms with Gasteiger partial charge in [0.1, 0.15) is 18.8 Å². The average molecular weight is 246 g/mol. The van der Waals surface area contributed by atoms with Crippen LogP contribution in [-0.4, -0.2) is 11.7 Å². The van der Waals surface area contributed by atoms with Gasteiger partial charge >= 0.3 is 0 Å². The smallest absolute Gasteiger partial charge is 0.124 e. The number of rotatable bonds is 2. The Labute approximate surface area is 105 Å². The van der Waals surface area contributed by atoms with Crippen molar-refractivity contribution in [2.75, 3.05) is 6.54 Å². The normalized spacial score (nSPS) is 18.9. The first kappa shape index (κ1) is 10.8. The number of fused-ring (bicyclic) bond motifs is 1. The molecule has 2 aromatic rings. The Bertz CT molecular complexity index is 520. The number of phenols is 1. The van der Waals surface area contributed by atoms with Gasteiger partial charge < -0.3 is 10.0 Å². The van der Waals surface area contributed by atoms with E-state index >= 15 is 0 Å². The summed E-state index contributed by atoms with van der Waals surface area (Å²) in [6.45, 7) is 3.18. The Morgan fingerprint density at radius 3 is 3.00 bits per heavy atom. The lowest BCUT2D eigenvalue weighted by molar-refractivity contribution is -0.929. The lowest BCUT2D eigenvalue weighted by Crippen LogP contribution is -3.10. The lowest BCUT2D eigenvalue weighted by Gasteiger charge is -2.24. The molecule has 0 amide bonds. The molecule has 2 nitrogen and oxygen atoms in total. The summed E-state index contributed by atoms with van der Waals surface area (Å²) in [5.41, 5.74) is 2.55. The fourth-order valence-electron chi connectivity index (χ4n) is 2.47. The van der Waals surface area contributed by atoms with Crippen molar-refractivity contribution in [2.24, 2.45) is 0 Å². The Hall–Kier alpha value is -1.32. The summed E-state index contributed by atoms with van der Waals surface area (Å²) < 4.78 is 0. The summed E-state index contributed by atoms with van der Waals surface area (Å²) >= 11 is 1.87. The summed E-state index contributed by atoms with van der Waals surface area (Å²) in [5.74, 6) is 0.427. The largest absolute Gasteiger partial charge is 0.507 e. The monoisotopic (exact) mass is 246 g/mol. The van der Waals surface area contributed by atoms with E-state index in [0.717, 1.165) is 18.7 Å². The minimum absolute atomic E-state index is 0.427. The maximum Gasteiger partial charge on any atom is 0.124 e. The fraction of sp³-hybridized carbons (Fsp3) is 0.286. The zero-order chi connectivity index (χ0) is 11.7. The molecule has 0 saturated heterocycles. The highest BCUT2D eigenvalue weighted by Gasteiger charge is 2.21. The van der Waals surface area contributed by atoms with E-state index in [1.807, 2.05) is 29.5 Å². The van der Waals surface area contributed by atoms with Gasteiger partial charge in [0.25, 0.3) is 0 Å². The minimum Gasteiger partial charge on any atom is -0.507 e. The van der Waals surface area contributed by atoms with Gasteiger partial charge in [0.2, 0.25) is 0 Å². The van der Waals surface area contributed by atoms with Crippen LogP contribution in [0.4, 0.5) is 0 Å². The van der Waals surface area contributed by atoms with E-state index < -0.39 is 0 Å². The van der Waals surface area contributed by atoms with Gasteiger partial charge in [-0.2, -0.15) is 0 Å². The predicted molar refractivity (Wildman–Crippen MR) is 69.4 cm³/mol. The third-order valence-electron chi connectivity index (χ3n) is 3.42. The number of aromatic hydroxyl groups is 1. The number of quaternary nitrogens is 1. The Balaban J connectivity index is 1.74. The number of benzene rings is 1. The van der Waals surface area contributed by atoms with Gasteiger partial charge in [-0.1, -0.05) is 12.1 Å². The van der Waals surface area contributed by atoms with Gasteiger partial charge in [-0.3, -0.25) is 0 Å². The van der Waals surface area contributed by atoms with Crippen molar-refractivity contribution in [3.63, 3.8) is 0 Å². The van der Waals surface area contributed by atoms with E-state index in [2.05, 4.69) is 11.4 Å². The van der Waals surface area contributed by atoms with Crippen LogP contribution in [0.5, 0.6) is 5.75 Å². The third kappa shape index (κ3) is 2.21. The van der Waals surface area contributed by atoms with Crippen LogP contribution in [0.15, 0.2) is 35.7 Å². The molecule has 0 radical (unpaired) electrons. The highest BCUT2D eigenvalue weighted by molar-refractivity contribution is 7.10. The van der Waals surface area contributed by atoms with E-state index in [-0.39, 0.29) is 0 Å². The third-order valence-corrected chi connectivity index (χ3v) is 4.44. The molecule has 88 valence electrons. The standard InChI is InChI=1S/C14H15NOS/c16-13-4-2-1-3-11(13)9-15-7-5-14-12(10-15)6-8-17-14/h1-4,6,8,16H,5,7,9-10H2/p+1. The first-order valence-corrected chi connectivity index (χ1v) is 6.86. The fourth-order valence-corrected chi connectivity index (χ4v) is 3.38. The van der Waals surface area contributed by atoms with Crippen molar-refractivity contribution in [1.29, 1.82) is 0 Å². The van der Waals surface area contributed by atoms with Crippen LogP contribution >= 0.6 is 11.3 Å². The number of hydrogen-bond donors (Lipinski definition) is 2. The molecular weight excluding hydrogens is 230 g/mol. The SMILES string of the molecule is Oc1ccccc1C[NH+]1CCc2sccc2C1. The van der Waals surface area contributed by atoms with Crippen LogP contribution in [0.25, 0.3) is 0 Å². The molecule has 0 spiro atoms. The first-order valence-electron chi connectivity index (χ1n) is 5.98. The Morgan fingerprint density at radius 2 is 2.12 bits per heavy atom. The molecule has 1 aromatic carbocycles. The molecule has 2 heterocycles. The van der Waals surface area contributed by atoms with Gasteiger partial charge in [0.15, 0.2) is 0 Å². The molecule has 0 fully saturated rings. The van der Waals surface area contributed by atoms with Crippen LogP contribution in [0.3, 0.4) is 0 Å². The minimum atomic E-state index is 0.427. The molecule has 0 aliphatic carbocycles. The molecule has 0 bridgehead atoms. The second-order valence-corrected chi connectivity index (χ2v) is 5.60. The van der Waals surface area contributed by atoms with Crippen LogP contribution in [0.2, 0.25) is 0 Å². The van der Waals surface area contributed by atoms with E-state index in [1.165, 1.54) is 23.4 Å². The van der Waals surface area contributed by atoms with E-state index in [9.17, 15) is 5.11 Å². The first-order chi connectivity index (χ1) is 8.33. The number of hydrogen-bond acceptors (Lipinski definition) is 2. The Kier molecular flexibility index (Phi) is 2.87. The molecular formula is C14H16NOS+. The molecule has 17 heavy (non-hydrogen) atoms. The average Bonchev–Trinajstić information content (AvgIpc) is 2.79. The number of nitrogens with one attached hydrogen (secondary N) is 1. The van der Waals surface area contributed by atoms with Gasteiger partial charge in [-0.15, -0.1) is 11.3 Å². The van der Waals surface area contributed by atoms with Crippen LogP contribution in [0.1, 0.15) is 16.0 Å². The molecule has 1 aromatic heterocycles. The summed E-state index contributed by atoms with van der Waals surface area (Å²) in [4.78, 5) is 3.09. The molecule has 3 rings (SSSR count). The molecule has 1 aliphatic rings. The quantitative estimate of drug-likeness (QED) is 0.826. The number of thiophene rings is 1. The zero-order valence-corrected chi connectivity index (χ0v) is 10.5. The molecule has 2 N–H and O–H groups in total. The van der Waals surface area contributed by atoms with Crippen molar-refractivity contribution in [3.05, 3.63) is 51.7 Å². The molecule has 1 atom stereocenters. The van der Waals surface area contributed by atoms with Gasteiger partial charge in [-0.05, 0) is 23.6 Å². The summed E-state index contributed by atoms with van der Waals surface area (Å²) in [7, 11) is 0. The van der Waals surface area contributed by atoms with Crippen molar-refractivity contribution in [1.82, 2.24) is 0 Å². The van der Waals surface area contributed by atoms with Crippen LogP contribution < -0.4 is 4.90 Å². The predicted octanol–water partition coefficient (Wildman–Crippen LogP) is 1.59. The van der Waals surface area contributed by atoms with E-state index in [0.29, 0.717) is 5.75 Å². The summed E-state index contributed by atoms with van der Waals surface area (Å²) in [6.07, 6.45) is 1.18. The molecule has 0 saturated carbocycles. The summed E-state index contributed by atoms with van der Waals surface area (Å²) in [6, 6.07) is 9.90. The second-order valence-electron chi connectivity index (χ2n) is 4.60. The van der Waals surface area contributed by atoms with Gasteiger partial charge in [0, 0.05) is 22.4 Å². The second kappa shape index (κ2) is 4.51. The van der Waals surface area contributed by atoms with Crippen molar-refractivity contribution in [3.8, 4) is 5.75 Å².